The lowest BCUT2D eigenvalue weighted by atomic mass is 10.0. The summed E-state index contributed by atoms with van der Waals surface area (Å²) in [5.74, 6) is -0.285. The highest BCUT2D eigenvalue weighted by atomic mass is 19.1. The Morgan fingerprint density at radius 2 is 2.11 bits per heavy atom. The fourth-order valence-electron chi connectivity index (χ4n) is 1.76. The minimum Gasteiger partial charge on any atom is -0.354 e. The lowest BCUT2D eigenvalue weighted by molar-refractivity contribution is -0.126. The zero-order chi connectivity index (χ0) is 13.6. The van der Waals surface area contributed by atoms with Gasteiger partial charge in [-0.15, -0.1) is 0 Å². The first-order chi connectivity index (χ1) is 8.45. The smallest absolute Gasteiger partial charge is 0.239 e. The van der Waals surface area contributed by atoms with Crippen LogP contribution in [0.25, 0.3) is 0 Å². The molecule has 0 aliphatic heterocycles. The molecule has 3 nitrogen and oxygen atoms in total. The summed E-state index contributed by atoms with van der Waals surface area (Å²) in [6, 6.07) is 6.43. The number of carbonyl (C=O) groups excluding carboxylic acids is 1. The average molecular weight is 252 g/mol. The standard InChI is InChI=1S/C14H21FN2O/c1-4-17-14(2,3)13(18)16-9-8-11-6-5-7-12(15)10-11/h5-7,10,17H,4,8-9H2,1-3H3,(H,16,18). The minimum absolute atomic E-state index is 0.0410. The predicted octanol–water partition coefficient (Wildman–Crippen LogP) is 1.87. The van der Waals surface area contributed by atoms with Gasteiger partial charge in [0.15, 0.2) is 0 Å². The molecule has 1 amide bonds. The molecule has 0 aliphatic rings. The quantitative estimate of drug-likeness (QED) is 0.811. The van der Waals surface area contributed by atoms with Crippen LogP contribution in [0.5, 0.6) is 0 Å². The van der Waals surface area contributed by atoms with E-state index in [-0.39, 0.29) is 11.7 Å². The van der Waals surface area contributed by atoms with E-state index in [1.807, 2.05) is 26.8 Å². The third-order valence-corrected chi connectivity index (χ3v) is 2.77. The van der Waals surface area contributed by atoms with Crippen LogP contribution in [0.15, 0.2) is 24.3 Å². The summed E-state index contributed by atoms with van der Waals surface area (Å²) in [6.07, 6.45) is 0.631. The van der Waals surface area contributed by atoms with Crippen LogP contribution in [0.2, 0.25) is 0 Å². The van der Waals surface area contributed by atoms with Gasteiger partial charge in [0.25, 0.3) is 0 Å². The summed E-state index contributed by atoms with van der Waals surface area (Å²) in [4.78, 5) is 11.9. The fourth-order valence-corrected chi connectivity index (χ4v) is 1.76. The lowest BCUT2D eigenvalue weighted by Crippen LogP contribution is -2.52. The van der Waals surface area contributed by atoms with Crippen LogP contribution in [0.3, 0.4) is 0 Å². The van der Waals surface area contributed by atoms with Crippen LogP contribution in [-0.4, -0.2) is 24.5 Å². The molecule has 100 valence electrons. The molecule has 0 bridgehead atoms. The maximum absolute atomic E-state index is 12.9. The maximum atomic E-state index is 12.9. The van der Waals surface area contributed by atoms with Gasteiger partial charge in [0.05, 0.1) is 5.54 Å². The summed E-state index contributed by atoms with van der Waals surface area (Å²) >= 11 is 0. The van der Waals surface area contributed by atoms with Gasteiger partial charge in [-0.25, -0.2) is 4.39 Å². The molecule has 1 rings (SSSR count). The van der Waals surface area contributed by atoms with Gasteiger partial charge in [-0.05, 0) is 44.5 Å². The number of likely N-dealkylation sites (N-methyl/N-ethyl adjacent to an activating group) is 1. The Morgan fingerprint density at radius 1 is 1.39 bits per heavy atom. The molecule has 2 N–H and O–H groups in total. The summed E-state index contributed by atoms with van der Waals surface area (Å²) in [6.45, 7) is 6.89. The molecule has 0 saturated heterocycles. The Morgan fingerprint density at radius 3 is 2.72 bits per heavy atom. The van der Waals surface area contributed by atoms with E-state index in [1.54, 1.807) is 6.07 Å². The summed E-state index contributed by atoms with van der Waals surface area (Å²) in [5.41, 5.74) is 0.313. The van der Waals surface area contributed by atoms with Crippen molar-refractivity contribution >= 4 is 5.91 Å². The van der Waals surface area contributed by atoms with Gasteiger partial charge in [-0.1, -0.05) is 19.1 Å². The second-order valence-corrected chi connectivity index (χ2v) is 4.79. The van der Waals surface area contributed by atoms with Crippen molar-refractivity contribution in [3.8, 4) is 0 Å². The van der Waals surface area contributed by atoms with E-state index in [0.717, 1.165) is 12.1 Å². The number of amides is 1. The molecule has 4 heteroatoms. The van der Waals surface area contributed by atoms with E-state index < -0.39 is 5.54 Å². The molecule has 0 heterocycles. The Kier molecular flexibility index (Phi) is 5.28. The van der Waals surface area contributed by atoms with Gasteiger partial charge in [-0.3, -0.25) is 4.79 Å². The highest BCUT2D eigenvalue weighted by molar-refractivity contribution is 5.85. The van der Waals surface area contributed by atoms with Crippen molar-refractivity contribution in [2.75, 3.05) is 13.1 Å². The Hall–Kier alpha value is -1.42. The number of halogens is 1. The van der Waals surface area contributed by atoms with E-state index in [9.17, 15) is 9.18 Å². The first-order valence-corrected chi connectivity index (χ1v) is 6.23. The average Bonchev–Trinajstić information content (AvgIpc) is 2.28. The molecule has 1 aromatic carbocycles. The molecular formula is C14H21FN2O. The number of hydrogen-bond acceptors (Lipinski definition) is 2. The van der Waals surface area contributed by atoms with Crippen LogP contribution >= 0.6 is 0 Å². The van der Waals surface area contributed by atoms with Crippen molar-refractivity contribution in [3.05, 3.63) is 35.6 Å². The van der Waals surface area contributed by atoms with Crippen molar-refractivity contribution in [2.24, 2.45) is 0 Å². The summed E-state index contributed by atoms with van der Waals surface area (Å²) in [7, 11) is 0. The Bertz CT molecular complexity index is 405. The highest BCUT2D eigenvalue weighted by Gasteiger charge is 2.25. The first kappa shape index (κ1) is 14.6. The Labute approximate surface area is 108 Å². The van der Waals surface area contributed by atoms with E-state index in [4.69, 9.17) is 0 Å². The van der Waals surface area contributed by atoms with Crippen LogP contribution < -0.4 is 10.6 Å². The number of rotatable bonds is 6. The summed E-state index contributed by atoms with van der Waals surface area (Å²) < 4.78 is 12.9. The topological polar surface area (TPSA) is 41.1 Å². The van der Waals surface area contributed by atoms with Crippen molar-refractivity contribution in [1.82, 2.24) is 10.6 Å². The fraction of sp³-hybridized carbons (Fsp3) is 0.500. The van der Waals surface area contributed by atoms with E-state index in [2.05, 4.69) is 10.6 Å². The molecule has 0 aliphatic carbocycles. The van der Waals surface area contributed by atoms with Gasteiger partial charge in [-0.2, -0.15) is 0 Å². The SMILES string of the molecule is CCNC(C)(C)C(=O)NCCc1cccc(F)c1. The summed E-state index contributed by atoms with van der Waals surface area (Å²) in [5, 5.41) is 5.96. The molecule has 0 atom stereocenters. The van der Waals surface area contributed by atoms with Gasteiger partial charge in [0, 0.05) is 6.54 Å². The van der Waals surface area contributed by atoms with Crippen LogP contribution in [0.1, 0.15) is 26.3 Å². The first-order valence-electron chi connectivity index (χ1n) is 6.23. The van der Waals surface area contributed by atoms with Crippen molar-refractivity contribution in [2.45, 2.75) is 32.7 Å². The third kappa shape index (κ3) is 4.45. The van der Waals surface area contributed by atoms with Gasteiger partial charge < -0.3 is 10.6 Å². The predicted molar refractivity (Wildman–Crippen MR) is 70.9 cm³/mol. The van der Waals surface area contributed by atoms with Crippen molar-refractivity contribution in [3.63, 3.8) is 0 Å². The minimum atomic E-state index is -0.573. The third-order valence-electron chi connectivity index (χ3n) is 2.77. The zero-order valence-corrected chi connectivity index (χ0v) is 11.2. The molecular weight excluding hydrogens is 231 g/mol. The van der Waals surface area contributed by atoms with Gasteiger partial charge >= 0.3 is 0 Å². The second-order valence-electron chi connectivity index (χ2n) is 4.79. The monoisotopic (exact) mass is 252 g/mol. The van der Waals surface area contributed by atoms with Crippen LogP contribution in [-0.2, 0) is 11.2 Å². The molecule has 0 unspecified atom stereocenters. The molecule has 1 aromatic rings. The maximum Gasteiger partial charge on any atom is 0.239 e. The van der Waals surface area contributed by atoms with Crippen molar-refractivity contribution < 1.29 is 9.18 Å². The van der Waals surface area contributed by atoms with E-state index in [0.29, 0.717) is 13.0 Å². The number of hydrogen-bond donors (Lipinski definition) is 2. The number of benzene rings is 1. The normalized spacial score (nSPS) is 11.3. The molecule has 0 saturated carbocycles. The number of nitrogens with one attached hydrogen (secondary N) is 2. The Balaban J connectivity index is 2.40. The van der Waals surface area contributed by atoms with Crippen LogP contribution in [0, 0.1) is 5.82 Å². The lowest BCUT2D eigenvalue weighted by Gasteiger charge is -2.24. The largest absolute Gasteiger partial charge is 0.354 e. The number of carbonyl (C=O) groups is 1. The van der Waals surface area contributed by atoms with E-state index >= 15 is 0 Å². The second kappa shape index (κ2) is 6.50. The zero-order valence-electron chi connectivity index (χ0n) is 11.2. The van der Waals surface area contributed by atoms with Gasteiger partial charge in [0.1, 0.15) is 5.82 Å². The van der Waals surface area contributed by atoms with Gasteiger partial charge in [0.2, 0.25) is 5.91 Å². The molecule has 18 heavy (non-hydrogen) atoms. The molecule has 0 fully saturated rings. The highest BCUT2D eigenvalue weighted by Crippen LogP contribution is 2.05. The molecule has 0 spiro atoms. The molecule has 0 radical (unpaired) electrons. The molecule has 0 aromatic heterocycles. The van der Waals surface area contributed by atoms with Crippen LogP contribution in [0.4, 0.5) is 4.39 Å². The van der Waals surface area contributed by atoms with Crippen molar-refractivity contribution in [1.29, 1.82) is 0 Å². The van der Waals surface area contributed by atoms with E-state index in [1.165, 1.54) is 12.1 Å².